The number of nitrogens with one attached hydrogen (secondary N) is 1. The minimum absolute atomic E-state index is 0.0197. The highest BCUT2D eigenvalue weighted by Gasteiger charge is 2.39. The van der Waals surface area contributed by atoms with E-state index >= 15 is 0 Å². The molecular weight excluding hydrogens is 888 g/mol. The van der Waals surface area contributed by atoms with Crippen molar-refractivity contribution in [1.29, 1.82) is 0 Å². The molecule has 0 unspecified atom stereocenters. The van der Waals surface area contributed by atoms with E-state index < -0.39 is 0 Å². The highest BCUT2D eigenvalue weighted by Crippen LogP contribution is 2.53. The van der Waals surface area contributed by atoms with E-state index in [1.807, 2.05) is 22.7 Å². The molecule has 7 aromatic carbocycles. The van der Waals surface area contributed by atoms with Gasteiger partial charge in [0.25, 0.3) is 0 Å². The molecule has 0 spiro atoms. The molecule has 1 N–H and O–H groups in total. The van der Waals surface area contributed by atoms with Gasteiger partial charge < -0.3 is 14.3 Å². The molecule has 11 aromatic rings. The van der Waals surface area contributed by atoms with Crippen LogP contribution in [0, 0.1) is 0 Å². The molecule has 70 heavy (non-hydrogen) atoms. The lowest BCUT2D eigenvalue weighted by atomic mass is 9.61. The molecule has 1 aliphatic carbocycles. The minimum atomic E-state index is -0.0256. The number of nitrogens with zero attached hydrogens (tertiary/aromatic N) is 1. The van der Waals surface area contributed by atoms with Crippen LogP contribution in [0.15, 0.2) is 114 Å². The Bertz CT molecular complexity index is 4050. The van der Waals surface area contributed by atoms with Gasteiger partial charge in [-0.15, -0.1) is 22.7 Å². The lowest BCUT2D eigenvalue weighted by Crippen LogP contribution is -2.36. The zero-order valence-electron chi connectivity index (χ0n) is 43.1. The predicted molar refractivity (Wildman–Crippen MR) is 308 cm³/mol. The van der Waals surface area contributed by atoms with Gasteiger partial charge in [0.15, 0.2) is 0 Å². The third kappa shape index (κ3) is 6.44. The Labute approximate surface area is 421 Å². The van der Waals surface area contributed by atoms with Crippen molar-refractivity contribution in [3.8, 4) is 16.8 Å². The van der Waals surface area contributed by atoms with Crippen LogP contribution in [0.25, 0.3) is 89.9 Å². The van der Waals surface area contributed by atoms with Gasteiger partial charge in [-0.05, 0) is 145 Å². The number of furan rings is 1. The summed E-state index contributed by atoms with van der Waals surface area (Å²) in [5, 5.41) is 13.1. The van der Waals surface area contributed by atoms with Gasteiger partial charge in [-0.3, -0.25) is 0 Å². The molecule has 0 saturated carbocycles. The highest BCUT2D eigenvalue weighted by atomic mass is 32.1. The van der Waals surface area contributed by atoms with Gasteiger partial charge in [-0.25, -0.2) is 0 Å². The SMILES string of the molecule is CC(C)(C)c1ccc(Nc2cc3c(cc2-c2c4c5c(c6cc(C(C)(C)C)ccc6n5-c5c(oc6ccc(C(C)(C)C)cc56)[B]4)c4sc5ccccc5c24)sc2cc4c(cc23)C(C)(C)CCC4(C)C)cc1. The van der Waals surface area contributed by atoms with Crippen molar-refractivity contribution in [2.75, 3.05) is 5.32 Å². The fourth-order valence-electron chi connectivity index (χ4n) is 12.0. The smallest absolute Gasteiger partial charge is 0.247 e. The normalized spacial score (nSPS) is 15.7. The van der Waals surface area contributed by atoms with Gasteiger partial charge in [0.05, 0.1) is 22.4 Å². The van der Waals surface area contributed by atoms with E-state index in [4.69, 9.17) is 4.42 Å². The van der Waals surface area contributed by atoms with Gasteiger partial charge in [0.2, 0.25) is 7.28 Å². The highest BCUT2D eigenvalue weighted by molar-refractivity contribution is 7.27. The Kier molecular flexibility index (Phi) is 9.09. The summed E-state index contributed by atoms with van der Waals surface area (Å²) in [6.45, 7) is 30.6. The van der Waals surface area contributed by atoms with Crippen LogP contribution in [0.4, 0.5) is 11.4 Å². The number of hydrogen-bond donors (Lipinski definition) is 1. The number of hydrogen-bond acceptors (Lipinski definition) is 4. The number of rotatable bonds is 3. The van der Waals surface area contributed by atoms with Crippen LogP contribution in [-0.2, 0) is 27.1 Å². The maximum Gasteiger partial charge on any atom is 0.247 e. The second-order valence-electron chi connectivity index (χ2n) is 25.2. The molecule has 1 radical (unpaired) electrons. The Morgan fingerprint density at radius 3 is 1.89 bits per heavy atom. The van der Waals surface area contributed by atoms with Crippen molar-refractivity contribution in [1.82, 2.24) is 4.57 Å². The van der Waals surface area contributed by atoms with Crippen molar-refractivity contribution >= 4 is 126 Å². The van der Waals surface area contributed by atoms with E-state index in [9.17, 15) is 0 Å². The van der Waals surface area contributed by atoms with E-state index in [-0.39, 0.29) is 27.1 Å². The van der Waals surface area contributed by atoms with E-state index in [1.165, 1.54) is 119 Å². The van der Waals surface area contributed by atoms with Crippen molar-refractivity contribution < 1.29 is 4.42 Å². The molecule has 1 aliphatic heterocycles. The van der Waals surface area contributed by atoms with Crippen LogP contribution in [0.5, 0.6) is 0 Å². The molecule has 0 fully saturated rings. The zero-order chi connectivity index (χ0) is 48.8. The first-order valence-electron chi connectivity index (χ1n) is 25.4. The number of thiophene rings is 2. The summed E-state index contributed by atoms with van der Waals surface area (Å²) < 4.78 is 15.0. The van der Waals surface area contributed by atoms with Crippen LogP contribution in [0.3, 0.4) is 0 Å². The summed E-state index contributed by atoms with van der Waals surface area (Å²) in [7, 11) is 2.40. The maximum absolute atomic E-state index is 7.08. The second kappa shape index (κ2) is 14.4. The fraction of sp³-hybridized carbons (Fsp3) is 0.312. The average Bonchev–Trinajstić information content (AvgIpc) is 4.05. The summed E-state index contributed by atoms with van der Waals surface area (Å²) in [4.78, 5) is 0. The molecule has 0 atom stereocenters. The van der Waals surface area contributed by atoms with Crippen molar-refractivity contribution in [3.63, 3.8) is 0 Å². The van der Waals surface area contributed by atoms with Gasteiger partial charge in [0, 0.05) is 73.4 Å². The molecule has 349 valence electrons. The first kappa shape index (κ1) is 44.1. The van der Waals surface area contributed by atoms with E-state index in [1.54, 1.807) is 0 Å². The molecule has 5 heterocycles. The fourth-order valence-corrected chi connectivity index (χ4v) is 14.5. The van der Waals surface area contributed by atoms with Gasteiger partial charge in [-0.1, -0.05) is 132 Å². The van der Waals surface area contributed by atoms with Crippen molar-refractivity contribution in [2.24, 2.45) is 0 Å². The van der Waals surface area contributed by atoms with Crippen molar-refractivity contribution in [3.05, 3.63) is 137 Å². The third-order valence-electron chi connectivity index (χ3n) is 16.4. The van der Waals surface area contributed by atoms with Crippen LogP contribution in [0.1, 0.15) is 131 Å². The Morgan fingerprint density at radius 1 is 0.571 bits per heavy atom. The van der Waals surface area contributed by atoms with Crippen LogP contribution < -0.4 is 16.4 Å². The Hall–Kier alpha value is -5.82. The monoisotopic (exact) mass is 949 g/mol. The summed E-state index contributed by atoms with van der Waals surface area (Å²) in [5.74, 6) is 0. The second-order valence-corrected chi connectivity index (χ2v) is 27.3. The lowest BCUT2D eigenvalue weighted by Gasteiger charge is -2.41. The molecule has 2 aliphatic rings. The summed E-state index contributed by atoms with van der Waals surface area (Å²) in [6, 6.07) is 42.4. The quantitative estimate of drug-likeness (QED) is 0.179. The summed E-state index contributed by atoms with van der Waals surface area (Å²) in [6.07, 6.45) is 2.38. The van der Waals surface area contributed by atoms with Gasteiger partial charge in [-0.2, -0.15) is 0 Å². The standard InChI is InChI=1S/C64H62BN2OS2/c1-60(2,3)34-18-22-37(23-19-34)66-46-31-40-39-30-44-45(64(12,13)27-26-63(44,10)11)33-51(39)69-50(40)32-41(46)52-53-38-16-14-15-17-49(38)70-58(53)54-42-28-35(61(4,5)6)20-24-47(42)67-56-43-29-36(62(7,8)9)21-25-48(43)68-59(56)65-55(52)57(54)67/h14-25,28-33,66H,26-27H2,1-13H3. The molecule has 4 aromatic heterocycles. The molecule has 3 nitrogen and oxygen atoms in total. The van der Waals surface area contributed by atoms with Gasteiger partial charge >= 0.3 is 0 Å². The molecule has 0 amide bonds. The maximum atomic E-state index is 7.08. The Balaban J connectivity index is 1.19. The molecule has 0 saturated heterocycles. The number of benzene rings is 7. The Morgan fingerprint density at radius 2 is 1.19 bits per heavy atom. The molecule has 0 bridgehead atoms. The average molecular weight is 950 g/mol. The van der Waals surface area contributed by atoms with Crippen LogP contribution in [0.2, 0.25) is 0 Å². The molecular formula is C64H62BN2OS2. The van der Waals surface area contributed by atoms with Crippen molar-refractivity contribution in [2.45, 2.75) is 130 Å². The lowest BCUT2D eigenvalue weighted by molar-refractivity contribution is 0.332. The minimum Gasteiger partial charge on any atom is -0.469 e. The first-order valence-corrected chi connectivity index (χ1v) is 27.0. The number of fused-ring (bicyclic) bond motifs is 15. The van der Waals surface area contributed by atoms with E-state index in [0.717, 1.165) is 33.7 Å². The topological polar surface area (TPSA) is 30.1 Å². The number of aromatic nitrogens is 1. The summed E-state index contributed by atoms with van der Waals surface area (Å²) in [5.41, 5.74) is 18.5. The van der Waals surface area contributed by atoms with Gasteiger partial charge in [0.1, 0.15) is 5.58 Å². The largest absolute Gasteiger partial charge is 0.469 e. The zero-order valence-corrected chi connectivity index (χ0v) is 44.7. The first-order chi connectivity index (χ1) is 33.0. The van der Waals surface area contributed by atoms with E-state index in [2.05, 4.69) is 216 Å². The van der Waals surface area contributed by atoms with E-state index in [0.29, 0.717) is 0 Å². The summed E-state index contributed by atoms with van der Waals surface area (Å²) >= 11 is 3.90. The number of anilines is 2. The molecule has 13 rings (SSSR count). The van der Waals surface area contributed by atoms with Crippen LogP contribution in [-0.4, -0.2) is 11.8 Å². The van der Waals surface area contributed by atoms with Crippen LogP contribution >= 0.6 is 22.7 Å². The predicted octanol–water partition coefficient (Wildman–Crippen LogP) is 17.9. The third-order valence-corrected chi connectivity index (χ3v) is 18.7. The molecule has 6 heteroatoms.